The molecular weight excluding hydrogens is 439 g/mol. The fraction of sp³-hybridized carbons (Fsp3) is 0.0417. The Labute approximate surface area is 189 Å². The highest BCUT2D eigenvalue weighted by atomic mass is 35.5. The van der Waals surface area contributed by atoms with Gasteiger partial charge in [0.25, 0.3) is 5.91 Å². The first kappa shape index (κ1) is 20.5. The molecule has 0 aliphatic heterocycles. The van der Waals surface area contributed by atoms with Crippen LogP contribution < -0.4 is 5.32 Å². The molecule has 1 N–H and O–H groups in total. The Kier molecular flexibility index (Phi) is 5.87. The van der Waals surface area contributed by atoms with E-state index in [2.05, 4.69) is 5.32 Å². The van der Waals surface area contributed by atoms with Crippen LogP contribution in [0.4, 0.5) is 5.69 Å². The molecule has 0 saturated carbocycles. The molecule has 0 fully saturated rings. The Bertz CT molecular complexity index is 1220. The molecule has 0 spiro atoms. The summed E-state index contributed by atoms with van der Waals surface area (Å²) >= 11 is 18.7. The lowest BCUT2D eigenvalue weighted by molar-refractivity contribution is 0.102. The van der Waals surface area contributed by atoms with Crippen molar-refractivity contribution < 1.29 is 4.79 Å². The van der Waals surface area contributed by atoms with E-state index in [1.807, 2.05) is 78.2 Å². The normalized spacial score (nSPS) is 10.8. The van der Waals surface area contributed by atoms with Crippen LogP contribution in [0.3, 0.4) is 0 Å². The van der Waals surface area contributed by atoms with E-state index >= 15 is 0 Å². The van der Waals surface area contributed by atoms with Crippen molar-refractivity contribution in [3.8, 4) is 16.9 Å². The number of hydrogen-bond acceptors (Lipinski definition) is 1. The Morgan fingerprint density at radius 2 is 1.50 bits per heavy atom. The van der Waals surface area contributed by atoms with Crippen LogP contribution in [-0.4, -0.2) is 10.5 Å². The predicted octanol–water partition coefficient (Wildman–Crippen LogP) is 7.67. The number of anilines is 1. The number of aromatic nitrogens is 1. The first-order chi connectivity index (χ1) is 14.4. The van der Waals surface area contributed by atoms with Gasteiger partial charge in [-0.25, -0.2) is 0 Å². The van der Waals surface area contributed by atoms with E-state index < -0.39 is 0 Å². The second kappa shape index (κ2) is 8.57. The second-order valence-corrected chi connectivity index (χ2v) is 8.06. The number of amides is 1. The molecule has 0 radical (unpaired) electrons. The van der Waals surface area contributed by atoms with Gasteiger partial charge in [-0.1, -0.05) is 53.0 Å². The van der Waals surface area contributed by atoms with Crippen LogP contribution in [0, 0.1) is 6.92 Å². The van der Waals surface area contributed by atoms with Crippen LogP contribution in [0.5, 0.6) is 0 Å². The molecule has 0 bridgehead atoms. The number of carbonyl (C=O) groups is 1. The van der Waals surface area contributed by atoms with Gasteiger partial charge < -0.3 is 9.88 Å². The van der Waals surface area contributed by atoms with Gasteiger partial charge in [0.2, 0.25) is 0 Å². The van der Waals surface area contributed by atoms with E-state index in [1.165, 1.54) is 0 Å². The molecule has 4 rings (SSSR count). The fourth-order valence-corrected chi connectivity index (χ4v) is 4.01. The minimum atomic E-state index is -0.197. The highest BCUT2D eigenvalue weighted by molar-refractivity contribution is 6.36. The molecule has 0 unspecified atom stereocenters. The smallest absolute Gasteiger partial charge is 0.257 e. The van der Waals surface area contributed by atoms with Crippen LogP contribution in [0.25, 0.3) is 16.9 Å². The molecule has 1 aromatic heterocycles. The average molecular weight is 456 g/mol. The summed E-state index contributed by atoms with van der Waals surface area (Å²) in [6.07, 6.45) is 0. The first-order valence-electron chi connectivity index (χ1n) is 9.24. The van der Waals surface area contributed by atoms with Crippen molar-refractivity contribution >= 4 is 46.4 Å². The van der Waals surface area contributed by atoms with Crippen molar-refractivity contribution in [1.82, 2.24) is 4.57 Å². The molecule has 1 amide bonds. The summed E-state index contributed by atoms with van der Waals surface area (Å²) < 4.78 is 1.99. The minimum absolute atomic E-state index is 0.197. The van der Waals surface area contributed by atoms with Crippen LogP contribution in [0.1, 0.15) is 16.1 Å². The standard InChI is InChI=1S/C24H17Cl3N2O/c1-15-21(24(30)28-18-5-3-2-4-6-18)14-23(20-12-9-17(26)13-22(20)27)29(15)19-10-7-16(25)8-11-19/h2-14H,1H3,(H,28,30). The van der Waals surface area contributed by atoms with Gasteiger partial charge in [-0.05, 0) is 67.6 Å². The van der Waals surface area contributed by atoms with E-state index in [1.54, 1.807) is 12.1 Å². The molecular formula is C24H17Cl3N2O. The third-order valence-corrected chi connectivity index (χ3v) is 5.62. The molecule has 0 aliphatic carbocycles. The summed E-state index contributed by atoms with van der Waals surface area (Å²) in [5.41, 5.74) is 4.50. The summed E-state index contributed by atoms with van der Waals surface area (Å²) in [7, 11) is 0. The van der Waals surface area contributed by atoms with E-state index in [0.717, 1.165) is 28.3 Å². The third-order valence-electron chi connectivity index (χ3n) is 4.82. The minimum Gasteiger partial charge on any atom is -0.322 e. The second-order valence-electron chi connectivity index (χ2n) is 6.78. The van der Waals surface area contributed by atoms with Crippen molar-refractivity contribution in [1.29, 1.82) is 0 Å². The molecule has 30 heavy (non-hydrogen) atoms. The quantitative estimate of drug-likeness (QED) is 0.336. The van der Waals surface area contributed by atoms with E-state index in [9.17, 15) is 4.79 Å². The third kappa shape index (κ3) is 4.10. The summed E-state index contributed by atoms with van der Waals surface area (Å²) in [5.74, 6) is -0.197. The van der Waals surface area contributed by atoms with Crippen molar-refractivity contribution in [3.05, 3.63) is 105 Å². The van der Waals surface area contributed by atoms with Gasteiger partial charge >= 0.3 is 0 Å². The molecule has 150 valence electrons. The van der Waals surface area contributed by atoms with Gasteiger partial charge in [0.05, 0.1) is 16.3 Å². The van der Waals surface area contributed by atoms with E-state index in [-0.39, 0.29) is 5.91 Å². The number of nitrogens with zero attached hydrogens (tertiary/aromatic N) is 1. The van der Waals surface area contributed by atoms with Crippen LogP contribution in [-0.2, 0) is 0 Å². The lowest BCUT2D eigenvalue weighted by Gasteiger charge is -2.13. The van der Waals surface area contributed by atoms with Crippen LogP contribution in [0.2, 0.25) is 15.1 Å². The summed E-state index contributed by atoms with van der Waals surface area (Å²) in [5, 5.41) is 4.64. The Morgan fingerprint density at radius 1 is 0.833 bits per heavy atom. The molecule has 4 aromatic rings. The first-order valence-corrected chi connectivity index (χ1v) is 10.4. The van der Waals surface area contributed by atoms with Crippen molar-refractivity contribution in [2.24, 2.45) is 0 Å². The molecule has 0 saturated heterocycles. The number of halogens is 3. The summed E-state index contributed by atoms with van der Waals surface area (Å²) in [6, 6.07) is 23.9. The van der Waals surface area contributed by atoms with Gasteiger partial charge in [-0.15, -0.1) is 0 Å². The molecule has 1 heterocycles. The van der Waals surface area contributed by atoms with Crippen molar-refractivity contribution in [2.45, 2.75) is 6.92 Å². The molecule has 6 heteroatoms. The maximum absolute atomic E-state index is 13.1. The van der Waals surface area contributed by atoms with Crippen molar-refractivity contribution in [2.75, 3.05) is 5.32 Å². The molecule has 3 nitrogen and oxygen atoms in total. The van der Waals surface area contributed by atoms with Crippen molar-refractivity contribution in [3.63, 3.8) is 0 Å². The number of benzene rings is 3. The maximum atomic E-state index is 13.1. The average Bonchev–Trinajstić information content (AvgIpc) is 3.06. The Morgan fingerprint density at radius 3 is 2.17 bits per heavy atom. The van der Waals surface area contributed by atoms with Gasteiger partial charge in [0.15, 0.2) is 0 Å². The lowest BCUT2D eigenvalue weighted by Crippen LogP contribution is -2.13. The number of nitrogens with one attached hydrogen (secondary N) is 1. The zero-order valence-corrected chi connectivity index (χ0v) is 18.3. The van der Waals surface area contributed by atoms with Crippen LogP contribution in [0.15, 0.2) is 78.9 Å². The van der Waals surface area contributed by atoms with Gasteiger partial charge in [0.1, 0.15) is 0 Å². The predicted molar refractivity (Wildman–Crippen MR) is 125 cm³/mol. The molecule has 3 aromatic carbocycles. The van der Waals surface area contributed by atoms with Crippen LogP contribution >= 0.6 is 34.8 Å². The van der Waals surface area contributed by atoms with E-state index in [0.29, 0.717) is 20.6 Å². The summed E-state index contributed by atoms with van der Waals surface area (Å²) in [6.45, 7) is 1.90. The Balaban J connectivity index is 1.86. The molecule has 0 aliphatic rings. The zero-order valence-electron chi connectivity index (χ0n) is 16.0. The highest BCUT2D eigenvalue weighted by Crippen LogP contribution is 2.35. The fourth-order valence-electron chi connectivity index (χ4n) is 3.37. The highest BCUT2D eigenvalue weighted by Gasteiger charge is 2.21. The number of hydrogen-bond donors (Lipinski definition) is 1. The van der Waals surface area contributed by atoms with Gasteiger partial charge in [-0.2, -0.15) is 0 Å². The topological polar surface area (TPSA) is 34.0 Å². The number of carbonyl (C=O) groups excluding carboxylic acids is 1. The monoisotopic (exact) mass is 454 g/mol. The number of rotatable bonds is 4. The lowest BCUT2D eigenvalue weighted by atomic mass is 10.1. The summed E-state index contributed by atoms with van der Waals surface area (Å²) in [4.78, 5) is 13.1. The van der Waals surface area contributed by atoms with E-state index in [4.69, 9.17) is 34.8 Å². The largest absolute Gasteiger partial charge is 0.322 e. The SMILES string of the molecule is Cc1c(C(=O)Nc2ccccc2)cc(-c2ccc(Cl)cc2Cl)n1-c1ccc(Cl)cc1. The number of para-hydroxylation sites is 1. The van der Waals surface area contributed by atoms with Gasteiger partial charge in [0, 0.05) is 32.7 Å². The maximum Gasteiger partial charge on any atom is 0.257 e. The zero-order chi connectivity index (χ0) is 21.3. The Hall–Kier alpha value is -2.72. The molecule has 0 atom stereocenters. The van der Waals surface area contributed by atoms with Gasteiger partial charge in [-0.3, -0.25) is 4.79 Å².